The third-order valence-electron chi connectivity index (χ3n) is 12.4. The molecule has 0 bridgehead atoms. The molecule has 2 aliphatic heterocycles. The Kier molecular flexibility index (Phi) is 7.94. The summed E-state index contributed by atoms with van der Waals surface area (Å²) in [6.07, 6.45) is 0. The van der Waals surface area contributed by atoms with Crippen molar-refractivity contribution in [3.05, 3.63) is 218 Å². The molecule has 0 amide bonds. The van der Waals surface area contributed by atoms with Crippen molar-refractivity contribution in [1.29, 1.82) is 0 Å². The molecular weight excluding hydrogens is 750 g/mol. The van der Waals surface area contributed by atoms with Crippen LogP contribution < -0.4 is 36.4 Å². The van der Waals surface area contributed by atoms with Crippen molar-refractivity contribution in [2.24, 2.45) is 0 Å². The smallest absolute Gasteiger partial charge is 0.289 e. The fourth-order valence-electron chi connectivity index (χ4n) is 9.85. The van der Waals surface area contributed by atoms with Gasteiger partial charge in [0.25, 0.3) is 5.99 Å². The summed E-state index contributed by atoms with van der Waals surface area (Å²) in [5.74, 6) is 1.99. The molecule has 5 heteroatoms. The van der Waals surface area contributed by atoms with Crippen molar-refractivity contribution >= 4 is 79.2 Å². The molecule has 0 saturated carbocycles. The number of benzene rings is 9. The molecule has 12 rings (SSSR count). The number of aromatic nitrogens is 1. The van der Waals surface area contributed by atoms with Crippen LogP contribution in [0.3, 0.4) is 0 Å². The van der Waals surface area contributed by atoms with Gasteiger partial charge in [0.2, 0.25) is 0 Å². The Labute approximate surface area is 349 Å². The van der Waals surface area contributed by atoms with E-state index >= 15 is 0 Å². The zero-order chi connectivity index (χ0) is 38.9. The quantitative estimate of drug-likeness (QED) is 0.123. The average Bonchev–Trinajstić information content (AvgIpc) is 3.65. The third kappa shape index (κ3) is 5.28. The minimum absolute atomic E-state index is 0.126. The van der Waals surface area contributed by atoms with Gasteiger partial charge in [-0.1, -0.05) is 170 Å². The summed E-state index contributed by atoms with van der Waals surface area (Å²) in [6, 6.07) is 80.8. The maximum absolute atomic E-state index is 6.91. The average molecular weight is 786 g/mol. The molecular formula is C54H36BNOSSi. The molecule has 1 aromatic heterocycles. The SMILES string of the molecule is c1ccc([Si](c2ccccc2)(c2ccccc2)c2ccc3c(c2)-c2cc(-c4cccc(-n5c6ccccc6c6ccccc65)c4)cc4c2B(S3)c2ccccc2O4)cc1. The normalized spacial score (nSPS) is 12.8. The van der Waals surface area contributed by atoms with Crippen molar-refractivity contribution in [3.63, 3.8) is 0 Å². The molecule has 0 saturated heterocycles. The van der Waals surface area contributed by atoms with Crippen LogP contribution in [0.4, 0.5) is 0 Å². The first-order valence-electron chi connectivity index (χ1n) is 20.3. The van der Waals surface area contributed by atoms with E-state index in [0.29, 0.717) is 0 Å². The van der Waals surface area contributed by atoms with Gasteiger partial charge < -0.3 is 9.30 Å². The van der Waals surface area contributed by atoms with E-state index in [1.807, 2.05) is 11.6 Å². The first kappa shape index (κ1) is 34.3. The largest absolute Gasteiger partial charge is 0.458 e. The maximum Gasteiger partial charge on any atom is 0.289 e. The van der Waals surface area contributed by atoms with Crippen LogP contribution >= 0.6 is 11.6 Å². The topological polar surface area (TPSA) is 14.2 Å². The molecule has 2 nitrogen and oxygen atoms in total. The minimum atomic E-state index is -2.77. The Balaban J connectivity index is 1.10. The Morgan fingerprint density at radius 2 is 1.02 bits per heavy atom. The second kappa shape index (κ2) is 13.7. The van der Waals surface area contributed by atoms with Gasteiger partial charge in [-0.3, -0.25) is 0 Å². The molecule has 0 spiro atoms. The molecule has 3 heterocycles. The lowest BCUT2D eigenvalue weighted by molar-refractivity contribution is 0.488. The molecule has 0 radical (unpaired) electrons. The molecule has 276 valence electrons. The minimum Gasteiger partial charge on any atom is -0.458 e. The first-order chi connectivity index (χ1) is 29.3. The fourth-order valence-corrected chi connectivity index (χ4v) is 16.0. The van der Waals surface area contributed by atoms with Gasteiger partial charge in [0.05, 0.1) is 11.0 Å². The van der Waals surface area contributed by atoms with Crippen molar-refractivity contribution in [2.45, 2.75) is 4.90 Å². The van der Waals surface area contributed by atoms with Gasteiger partial charge in [0.1, 0.15) is 11.5 Å². The van der Waals surface area contributed by atoms with E-state index in [0.717, 1.165) is 28.3 Å². The fraction of sp³-hybridized carbons (Fsp3) is 0. The lowest BCUT2D eigenvalue weighted by atomic mass is 9.57. The third-order valence-corrected chi connectivity index (χ3v) is 18.5. The summed E-state index contributed by atoms with van der Waals surface area (Å²) in [6.45, 7) is 0. The number of rotatable bonds is 6. The van der Waals surface area contributed by atoms with E-state index < -0.39 is 8.07 Å². The van der Waals surface area contributed by atoms with Crippen molar-refractivity contribution in [2.75, 3.05) is 0 Å². The summed E-state index contributed by atoms with van der Waals surface area (Å²) >= 11 is 1.95. The molecule has 0 unspecified atom stereocenters. The maximum atomic E-state index is 6.91. The number of para-hydroxylation sites is 3. The molecule has 0 N–H and O–H groups in total. The standard InChI is InChI=1S/C54H36BNOSSi/c1-4-19-40(20-5-1)59(41-21-6-2-7-22-41,42-23-8-3-9-24-42)43-31-32-53-46(36-43)47-34-38(35-52-54(47)55(58-53)48-27-12-15-30-51(48)57-52)37-17-16-18-39(33-37)56-49-28-13-10-25-44(49)45-26-11-14-29-50(45)56/h1-36H. The Morgan fingerprint density at radius 1 is 0.424 bits per heavy atom. The number of hydrogen-bond acceptors (Lipinski definition) is 2. The van der Waals surface area contributed by atoms with Crippen LogP contribution in [0.15, 0.2) is 223 Å². The van der Waals surface area contributed by atoms with Gasteiger partial charge in [-0.15, -0.1) is 0 Å². The Bertz CT molecular complexity index is 3090. The van der Waals surface area contributed by atoms with Crippen molar-refractivity contribution < 1.29 is 4.74 Å². The molecule has 2 aliphatic rings. The van der Waals surface area contributed by atoms with E-state index in [2.05, 4.69) is 223 Å². The second-order valence-corrected chi connectivity index (χ2v) is 20.5. The van der Waals surface area contributed by atoms with Gasteiger partial charge in [-0.2, -0.15) is 11.6 Å². The summed E-state index contributed by atoms with van der Waals surface area (Å²) in [4.78, 5) is 1.29. The molecule has 0 fully saturated rings. The van der Waals surface area contributed by atoms with Crippen molar-refractivity contribution in [3.8, 4) is 39.4 Å². The van der Waals surface area contributed by atoms with E-state index in [4.69, 9.17) is 4.74 Å². The van der Waals surface area contributed by atoms with Gasteiger partial charge in [0, 0.05) is 21.4 Å². The van der Waals surface area contributed by atoms with E-state index in [9.17, 15) is 0 Å². The second-order valence-electron chi connectivity index (χ2n) is 15.6. The highest BCUT2D eigenvalue weighted by atomic mass is 32.2. The number of fused-ring (bicyclic) bond motifs is 7. The van der Waals surface area contributed by atoms with E-state index in [1.54, 1.807) is 0 Å². The van der Waals surface area contributed by atoms with Crippen LogP contribution in [0.5, 0.6) is 11.5 Å². The number of ether oxygens (including phenoxy) is 1. The van der Waals surface area contributed by atoms with Crippen LogP contribution in [0, 0.1) is 0 Å². The predicted octanol–water partition coefficient (Wildman–Crippen LogP) is 9.81. The van der Waals surface area contributed by atoms with Gasteiger partial charge in [-0.25, -0.2) is 0 Å². The van der Waals surface area contributed by atoms with E-state index in [-0.39, 0.29) is 5.99 Å². The van der Waals surface area contributed by atoms with Gasteiger partial charge in [0.15, 0.2) is 8.07 Å². The van der Waals surface area contributed by atoms with Gasteiger partial charge in [-0.05, 0) is 102 Å². The van der Waals surface area contributed by atoms with Gasteiger partial charge >= 0.3 is 0 Å². The lowest BCUT2D eigenvalue weighted by Crippen LogP contribution is -2.74. The summed E-state index contributed by atoms with van der Waals surface area (Å²) in [5.41, 5.74) is 10.8. The van der Waals surface area contributed by atoms with Crippen LogP contribution in [0.25, 0.3) is 49.7 Å². The Morgan fingerprint density at radius 3 is 1.68 bits per heavy atom. The monoisotopic (exact) mass is 785 g/mol. The van der Waals surface area contributed by atoms with Crippen LogP contribution in [0.2, 0.25) is 0 Å². The van der Waals surface area contributed by atoms with Crippen LogP contribution in [-0.4, -0.2) is 18.6 Å². The summed E-state index contributed by atoms with van der Waals surface area (Å²) in [5, 5.41) is 7.99. The summed E-state index contributed by atoms with van der Waals surface area (Å²) < 4.78 is 9.32. The Hall–Kier alpha value is -6.79. The number of nitrogens with zero attached hydrogens (tertiary/aromatic N) is 1. The van der Waals surface area contributed by atoms with Crippen molar-refractivity contribution in [1.82, 2.24) is 4.57 Å². The molecule has 59 heavy (non-hydrogen) atoms. The highest BCUT2D eigenvalue weighted by Gasteiger charge is 2.44. The van der Waals surface area contributed by atoms with Crippen LogP contribution in [-0.2, 0) is 0 Å². The highest BCUT2D eigenvalue weighted by molar-refractivity contribution is 8.28. The molecule has 9 aromatic carbocycles. The molecule has 0 aliphatic carbocycles. The first-order valence-corrected chi connectivity index (χ1v) is 23.2. The van der Waals surface area contributed by atoms with E-state index in [1.165, 1.54) is 69.5 Å². The molecule has 10 aromatic rings. The zero-order valence-electron chi connectivity index (χ0n) is 32.1. The highest BCUT2D eigenvalue weighted by Crippen LogP contribution is 2.45. The zero-order valence-corrected chi connectivity index (χ0v) is 33.9. The molecule has 0 atom stereocenters. The summed E-state index contributed by atoms with van der Waals surface area (Å²) in [7, 11) is -2.77. The predicted molar refractivity (Wildman–Crippen MR) is 253 cm³/mol. The van der Waals surface area contributed by atoms with Crippen LogP contribution in [0.1, 0.15) is 0 Å². The lowest BCUT2D eigenvalue weighted by Gasteiger charge is -2.37. The number of hydrogen-bond donors (Lipinski definition) is 0.